The third kappa shape index (κ3) is 4.55. The monoisotopic (exact) mass is 709 g/mol. The molecule has 15 nitrogen and oxygen atoms in total. The fourth-order valence-electron chi connectivity index (χ4n) is 12.8. The molecule has 5 aliphatic carbocycles. The Morgan fingerprint density at radius 2 is 1.32 bits per heavy atom. The summed E-state index contributed by atoms with van der Waals surface area (Å²) >= 11 is 0. The highest BCUT2D eigenvalue weighted by atomic mass is 16.7. The maximum atomic E-state index is 13.5. The highest BCUT2D eigenvalue weighted by Crippen LogP contribution is 2.81. The van der Waals surface area contributed by atoms with Gasteiger partial charge in [-0.05, 0) is 18.9 Å². The van der Waals surface area contributed by atoms with Crippen LogP contribution in [0, 0.1) is 34.5 Å². The van der Waals surface area contributed by atoms with Crippen molar-refractivity contribution in [1.29, 1.82) is 0 Å². The molecule has 0 radical (unpaired) electrons. The molecule has 0 aromatic heterocycles. The lowest BCUT2D eigenvalue weighted by molar-refractivity contribution is -0.326. The van der Waals surface area contributed by atoms with E-state index in [2.05, 4.69) is 4.90 Å². The van der Waals surface area contributed by atoms with Crippen LogP contribution in [0.1, 0.15) is 54.4 Å². The molecule has 1 spiro atoms. The number of esters is 5. The Bertz CT molecular complexity index is 1420. The number of piperidine rings is 1. The van der Waals surface area contributed by atoms with Crippen LogP contribution < -0.4 is 0 Å². The Balaban J connectivity index is 1.78. The van der Waals surface area contributed by atoms with Gasteiger partial charge in [0.15, 0.2) is 23.4 Å². The predicted octanol–water partition coefficient (Wildman–Crippen LogP) is 1.07. The van der Waals surface area contributed by atoms with E-state index in [9.17, 15) is 24.0 Å². The SMILES string of the molecule is CCN1C[C@@]2(COC)[C@H]3[C@@H](OC)[C@H]4[C@@H]1[C@]3([C@@H](OC)C[C@H]2OC(C)=O)[C@@H]1C[C@@]2(OC(C)=O)[C@H](OC(C)=O)[C@@H]1[C@]4(OC(C)=O)[C@@H](OC(C)=O)[C@@H]2OC. The van der Waals surface area contributed by atoms with Crippen LogP contribution in [-0.2, 0) is 66.6 Å². The molecule has 6 aliphatic rings. The van der Waals surface area contributed by atoms with Crippen molar-refractivity contribution in [3.63, 3.8) is 0 Å². The summed E-state index contributed by atoms with van der Waals surface area (Å²) in [4.78, 5) is 67.8. The lowest BCUT2D eigenvalue weighted by Crippen LogP contribution is -2.82. The van der Waals surface area contributed by atoms with Gasteiger partial charge in [-0.15, -0.1) is 0 Å². The summed E-state index contributed by atoms with van der Waals surface area (Å²) in [6, 6.07) is -0.420. The van der Waals surface area contributed by atoms with E-state index in [1.807, 2.05) is 6.92 Å². The lowest BCUT2D eigenvalue weighted by Gasteiger charge is -2.70. The molecule has 280 valence electrons. The van der Waals surface area contributed by atoms with Crippen molar-refractivity contribution in [1.82, 2.24) is 4.90 Å². The molecule has 0 aromatic carbocycles. The third-order valence-electron chi connectivity index (χ3n) is 13.1. The molecular formula is C35H51NO14. The molecule has 15 heteroatoms. The van der Waals surface area contributed by atoms with Crippen LogP contribution in [0.25, 0.3) is 0 Å². The summed E-state index contributed by atoms with van der Waals surface area (Å²) in [5, 5.41) is 0. The van der Waals surface area contributed by atoms with Gasteiger partial charge in [0.2, 0.25) is 0 Å². The Morgan fingerprint density at radius 3 is 1.82 bits per heavy atom. The predicted molar refractivity (Wildman–Crippen MR) is 169 cm³/mol. The number of ether oxygens (including phenoxy) is 9. The first kappa shape index (κ1) is 36.9. The van der Waals surface area contributed by atoms with Crippen LogP contribution in [0.2, 0.25) is 0 Å². The number of methoxy groups -OCH3 is 4. The summed E-state index contributed by atoms with van der Waals surface area (Å²) in [7, 11) is 6.21. The van der Waals surface area contributed by atoms with Crippen LogP contribution in [0.3, 0.4) is 0 Å². The second-order valence-corrected chi connectivity index (χ2v) is 15.0. The number of hydrogen-bond acceptors (Lipinski definition) is 15. The third-order valence-corrected chi connectivity index (χ3v) is 13.1. The zero-order valence-corrected chi connectivity index (χ0v) is 30.5. The largest absolute Gasteiger partial charge is 0.462 e. The lowest BCUT2D eigenvalue weighted by atomic mass is 9.42. The molecule has 15 atom stereocenters. The Kier molecular flexibility index (Phi) is 9.36. The van der Waals surface area contributed by atoms with Gasteiger partial charge in [-0.3, -0.25) is 28.9 Å². The molecule has 1 heterocycles. The Labute approximate surface area is 292 Å². The summed E-state index contributed by atoms with van der Waals surface area (Å²) in [6.07, 6.45) is -5.26. The molecule has 50 heavy (non-hydrogen) atoms. The molecule has 0 N–H and O–H groups in total. The molecule has 5 saturated carbocycles. The van der Waals surface area contributed by atoms with E-state index >= 15 is 0 Å². The van der Waals surface area contributed by atoms with Gasteiger partial charge in [-0.1, -0.05) is 6.92 Å². The van der Waals surface area contributed by atoms with E-state index in [4.69, 9.17) is 42.6 Å². The smallest absolute Gasteiger partial charge is 0.303 e. The Morgan fingerprint density at radius 1 is 0.700 bits per heavy atom. The highest BCUT2D eigenvalue weighted by Gasteiger charge is 2.93. The quantitative estimate of drug-likeness (QED) is 0.220. The maximum absolute atomic E-state index is 13.5. The average Bonchev–Trinajstić information content (AvgIpc) is 3.40. The fraction of sp³-hybridized carbons (Fsp3) is 0.857. The molecule has 6 fully saturated rings. The van der Waals surface area contributed by atoms with Gasteiger partial charge in [-0.25, -0.2) is 0 Å². The summed E-state index contributed by atoms with van der Waals surface area (Å²) in [6.45, 7) is 9.62. The maximum Gasteiger partial charge on any atom is 0.303 e. The second-order valence-electron chi connectivity index (χ2n) is 15.0. The number of rotatable bonds is 11. The number of carbonyl (C=O) groups is 5. The van der Waals surface area contributed by atoms with Crippen LogP contribution in [-0.4, -0.2) is 137 Å². The van der Waals surface area contributed by atoms with Gasteiger partial charge < -0.3 is 42.6 Å². The minimum atomic E-state index is -1.72. The van der Waals surface area contributed by atoms with Crippen molar-refractivity contribution in [3.05, 3.63) is 0 Å². The fourth-order valence-corrected chi connectivity index (χ4v) is 12.8. The van der Waals surface area contributed by atoms with Gasteiger partial charge >= 0.3 is 29.8 Å². The molecule has 1 saturated heterocycles. The van der Waals surface area contributed by atoms with Crippen molar-refractivity contribution in [3.8, 4) is 0 Å². The van der Waals surface area contributed by atoms with Crippen molar-refractivity contribution in [2.75, 3.05) is 48.1 Å². The van der Waals surface area contributed by atoms with Gasteiger partial charge in [0.1, 0.15) is 12.2 Å². The molecule has 0 aromatic rings. The van der Waals surface area contributed by atoms with Gasteiger partial charge in [-0.2, -0.15) is 0 Å². The molecule has 1 aliphatic heterocycles. The van der Waals surface area contributed by atoms with E-state index in [-0.39, 0.29) is 13.0 Å². The van der Waals surface area contributed by atoms with Crippen molar-refractivity contribution >= 4 is 29.8 Å². The topological polar surface area (TPSA) is 172 Å². The average molecular weight is 710 g/mol. The molecule has 7 bridgehead atoms. The molecule has 0 amide bonds. The number of hydrogen-bond donors (Lipinski definition) is 0. The normalized spacial score (nSPS) is 46.5. The number of nitrogens with zero attached hydrogens (tertiary/aromatic N) is 1. The van der Waals surface area contributed by atoms with E-state index in [0.29, 0.717) is 19.5 Å². The van der Waals surface area contributed by atoms with E-state index < -0.39 is 118 Å². The molecule has 0 unspecified atom stereocenters. The number of carbonyl (C=O) groups excluding carboxylic acids is 5. The highest BCUT2D eigenvalue weighted by molar-refractivity contribution is 5.71. The summed E-state index contributed by atoms with van der Waals surface area (Å²) < 4.78 is 56.8. The van der Waals surface area contributed by atoms with Crippen LogP contribution in [0.5, 0.6) is 0 Å². The standard InChI is InChI=1S/C35H51NO14/c1-11-36-14-32(15-42-7)22(46-16(2)37)12-23(43-8)34-21-13-33(49-19(5)40)29(47-17(3)38)24(21)35(50-20(6)41,31(30(33)45-10)48-18(4)39)25(28(34)36)26(44-9)27(32)34/h21-31H,11-15H2,1-10H3/t21-,22-,23+,24-,25+,26+,27-,28-,29-,30+,31+,32+,33-,34+,35-/m1/s1. The first-order valence-corrected chi connectivity index (χ1v) is 17.3. The zero-order chi connectivity index (χ0) is 36.7. The van der Waals surface area contributed by atoms with Gasteiger partial charge in [0, 0.05) is 111 Å². The van der Waals surface area contributed by atoms with Crippen LogP contribution in [0.15, 0.2) is 0 Å². The minimum Gasteiger partial charge on any atom is -0.462 e. The van der Waals surface area contributed by atoms with Crippen molar-refractivity contribution in [2.45, 2.75) is 108 Å². The van der Waals surface area contributed by atoms with E-state index in [0.717, 1.165) is 0 Å². The first-order chi connectivity index (χ1) is 23.6. The minimum absolute atomic E-state index is 0.0866. The van der Waals surface area contributed by atoms with Crippen LogP contribution in [0.4, 0.5) is 0 Å². The zero-order valence-electron chi connectivity index (χ0n) is 30.5. The number of fused-ring (bicyclic) bond motifs is 2. The van der Waals surface area contributed by atoms with Crippen molar-refractivity contribution in [2.24, 2.45) is 34.5 Å². The van der Waals surface area contributed by atoms with Gasteiger partial charge in [0.05, 0.1) is 18.8 Å². The second kappa shape index (κ2) is 12.7. The van der Waals surface area contributed by atoms with Crippen molar-refractivity contribution < 1.29 is 66.6 Å². The number of likely N-dealkylation sites (tertiary alicyclic amines) is 1. The van der Waals surface area contributed by atoms with Gasteiger partial charge in [0.25, 0.3) is 0 Å². The summed E-state index contributed by atoms with van der Waals surface area (Å²) in [5.74, 6) is -5.72. The molecular weight excluding hydrogens is 658 g/mol. The first-order valence-electron chi connectivity index (χ1n) is 17.3. The summed E-state index contributed by atoms with van der Waals surface area (Å²) in [5.41, 5.74) is -5.09. The Hall–Kier alpha value is -2.85. The van der Waals surface area contributed by atoms with Crippen LogP contribution >= 0.6 is 0 Å². The molecule has 6 rings (SSSR count). The van der Waals surface area contributed by atoms with E-state index in [1.165, 1.54) is 41.7 Å². The van der Waals surface area contributed by atoms with E-state index in [1.54, 1.807) is 21.3 Å².